The summed E-state index contributed by atoms with van der Waals surface area (Å²) in [5, 5.41) is 10.2. The summed E-state index contributed by atoms with van der Waals surface area (Å²) in [5.74, 6) is -0.810. The highest BCUT2D eigenvalue weighted by Gasteiger charge is 2.12. The largest absolute Gasteiger partial charge is 0.465 e. The van der Waals surface area contributed by atoms with Crippen LogP contribution in [0, 0.1) is 0 Å². The monoisotopic (exact) mass is 170 g/mol. The molecule has 0 aromatic carbocycles. The Morgan fingerprint density at radius 1 is 1.67 bits per heavy atom. The molecule has 1 heterocycles. The highest BCUT2D eigenvalue weighted by atomic mass is 16.4. The fourth-order valence-electron chi connectivity index (χ4n) is 0.683. The summed E-state index contributed by atoms with van der Waals surface area (Å²) >= 11 is 0. The van der Waals surface area contributed by atoms with Crippen molar-refractivity contribution in [3.05, 3.63) is 12.0 Å². The van der Waals surface area contributed by atoms with Crippen molar-refractivity contribution >= 4 is 17.8 Å². The van der Waals surface area contributed by atoms with Crippen molar-refractivity contribution < 1.29 is 14.7 Å². The van der Waals surface area contributed by atoms with Gasteiger partial charge in [-0.3, -0.25) is 10.1 Å². The van der Waals surface area contributed by atoms with Gasteiger partial charge in [-0.2, -0.15) is 0 Å². The summed E-state index contributed by atoms with van der Waals surface area (Å²) in [6.45, 7) is 0. The van der Waals surface area contributed by atoms with Crippen LogP contribution in [0.15, 0.2) is 6.33 Å². The van der Waals surface area contributed by atoms with Crippen molar-refractivity contribution in [2.45, 2.75) is 0 Å². The molecule has 0 atom stereocenters. The zero-order chi connectivity index (χ0) is 9.14. The molecule has 0 bridgehead atoms. The van der Waals surface area contributed by atoms with Crippen LogP contribution >= 0.6 is 0 Å². The van der Waals surface area contributed by atoms with E-state index in [0.29, 0.717) is 0 Å². The van der Waals surface area contributed by atoms with Gasteiger partial charge in [0.25, 0.3) is 5.91 Å². The van der Waals surface area contributed by atoms with Crippen LogP contribution in [0.1, 0.15) is 10.5 Å². The molecule has 0 aliphatic carbocycles. The number of rotatable bonds is 2. The van der Waals surface area contributed by atoms with Gasteiger partial charge in [0.2, 0.25) is 0 Å². The summed E-state index contributed by atoms with van der Waals surface area (Å²) in [6, 6.07) is 0. The van der Waals surface area contributed by atoms with E-state index in [4.69, 9.17) is 10.8 Å². The number of aromatic amines is 1. The summed E-state index contributed by atoms with van der Waals surface area (Å²) < 4.78 is 0. The summed E-state index contributed by atoms with van der Waals surface area (Å²) in [6.07, 6.45) is -0.118. The Morgan fingerprint density at radius 3 is 2.83 bits per heavy atom. The molecule has 1 rings (SSSR count). The fourth-order valence-corrected chi connectivity index (χ4v) is 0.683. The third-order valence-electron chi connectivity index (χ3n) is 1.10. The smallest absolute Gasteiger partial charge is 0.410 e. The van der Waals surface area contributed by atoms with Crippen molar-refractivity contribution in [1.29, 1.82) is 0 Å². The molecule has 0 spiro atoms. The van der Waals surface area contributed by atoms with Gasteiger partial charge in [0.15, 0.2) is 5.69 Å². The maximum atomic E-state index is 10.6. The van der Waals surface area contributed by atoms with Gasteiger partial charge in [-0.15, -0.1) is 0 Å². The number of hydrogen-bond donors (Lipinski definition) is 4. The van der Waals surface area contributed by atoms with E-state index in [-0.39, 0.29) is 11.5 Å². The lowest BCUT2D eigenvalue weighted by Gasteiger charge is -1.96. The van der Waals surface area contributed by atoms with Crippen molar-refractivity contribution in [3.63, 3.8) is 0 Å². The molecule has 0 radical (unpaired) electrons. The van der Waals surface area contributed by atoms with Crippen LogP contribution in [-0.2, 0) is 0 Å². The van der Waals surface area contributed by atoms with E-state index in [9.17, 15) is 9.59 Å². The van der Waals surface area contributed by atoms with Crippen molar-refractivity contribution in [2.24, 2.45) is 5.73 Å². The minimum atomic E-state index is -1.29. The first-order valence-electron chi connectivity index (χ1n) is 2.94. The topological polar surface area (TPSA) is 121 Å². The lowest BCUT2D eigenvalue weighted by molar-refractivity contribution is 0.0997. The van der Waals surface area contributed by atoms with Crippen LogP contribution in [0.5, 0.6) is 0 Å². The normalized spacial score (nSPS) is 9.33. The molecule has 0 aliphatic heterocycles. The molecule has 0 fully saturated rings. The van der Waals surface area contributed by atoms with Gasteiger partial charge in [-0.1, -0.05) is 0 Å². The van der Waals surface area contributed by atoms with Crippen molar-refractivity contribution in [1.82, 2.24) is 9.97 Å². The fraction of sp³-hybridized carbons (Fsp3) is 0. The van der Waals surface area contributed by atoms with Crippen molar-refractivity contribution in [3.8, 4) is 0 Å². The molecule has 7 heteroatoms. The minimum Gasteiger partial charge on any atom is -0.465 e. The van der Waals surface area contributed by atoms with Crippen LogP contribution in [0.2, 0.25) is 0 Å². The standard InChI is InChI=1S/C5H6N4O3/c6-3(10)2-4(8-1-7-2)9-5(11)12/h1,9H,(H2,6,10)(H,7,8)(H,11,12). The van der Waals surface area contributed by atoms with E-state index in [1.165, 1.54) is 6.33 Å². The van der Waals surface area contributed by atoms with Crippen molar-refractivity contribution in [2.75, 3.05) is 5.32 Å². The minimum absolute atomic E-state index is 0.0185. The van der Waals surface area contributed by atoms with E-state index in [1.54, 1.807) is 0 Å². The number of primary amides is 1. The predicted molar refractivity (Wildman–Crippen MR) is 38.8 cm³/mol. The van der Waals surface area contributed by atoms with Gasteiger partial charge in [0, 0.05) is 0 Å². The Kier molecular flexibility index (Phi) is 1.95. The second-order valence-electron chi connectivity index (χ2n) is 1.92. The van der Waals surface area contributed by atoms with Crippen LogP contribution < -0.4 is 11.1 Å². The first kappa shape index (κ1) is 8.05. The quantitative estimate of drug-likeness (QED) is 0.482. The van der Waals surface area contributed by atoms with Gasteiger partial charge in [-0.25, -0.2) is 9.78 Å². The summed E-state index contributed by atoms with van der Waals surface area (Å²) in [5.41, 5.74) is 4.75. The molecule has 1 aromatic rings. The number of carbonyl (C=O) groups is 2. The van der Waals surface area contributed by atoms with E-state index >= 15 is 0 Å². The second-order valence-corrected chi connectivity index (χ2v) is 1.92. The number of nitrogens with zero attached hydrogens (tertiary/aromatic N) is 1. The summed E-state index contributed by atoms with van der Waals surface area (Å²) in [7, 11) is 0. The number of H-pyrrole nitrogens is 1. The Morgan fingerprint density at radius 2 is 2.33 bits per heavy atom. The lowest BCUT2D eigenvalue weighted by atomic mass is 10.4. The third-order valence-corrected chi connectivity index (χ3v) is 1.10. The number of anilines is 1. The maximum Gasteiger partial charge on any atom is 0.410 e. The van der Waals surface area contributed by atoms with Gasteiger partial charge >= 0.3 is 6.09 Å². The second kappa shape index (κ2) is 2.91. The molecule has 0 saturated heterocycles. The molecular weight excluding hydrogens is 164 g/mol. The molecule has 1 aromatic heterocycles. The average Bonchev–Trinajstić information content (AvgIpc) is 2.33. The Bertz CT molecular complexity index is 318. The molecule has 7 nitrogen and oxygen atoms in total. The average molecular weight is 170 g/mol. The first-order chi connectivity index (χ1) is 5.61. The number of imidazole rings is 1. The first-order valence-corrected chi connectivity index (χ1v) is 2.94. The van der Waals surface area contributed by atoms with Crippen LogP contribution in [-0.4, -0.2) is 27.1 Å². The molecule has 12 heavy (non-hydrogen) atoms. The van der Waals surface area contributed by atoms with Gasteiger partial charge < -0.3 is 15.8 Å². The zero-order valence-corrected chi connectivity index (χ0v) is 5.87. The van der Waals surface area contributed by atoms with Gasteiger partial charge in [0.05, 0.1) is 6.33 Å². The molecule has 0 unspecified atom stereocenters. The SMILES string of the molecule is NC(=O)c1nc[nH]c1NC(=O)O. The van der Waals surface area contributed by atoms with Crippen LogP contribution in [0.3, 0.4) is 0 Å². The molecule has 2 amide bonds. The molecular formula is C5H6N4O3. The van der Waals surface area contributed by atoms with E-state index < -0.39 is 12.0 Å². The lowest BCUT2D eigenvalue weighted by Crippen LogP contribution is -2.16. The predicted octanol–water partition coefficient (Wildman–Crippen LogP) is -0.402. The number of carbonyl (C=O) groups excluding carboxylic acids is 1. The highest BCUT2D eigenvalue weighted by Crippen LogP contribution is 2.07. The third kappa shape index (κ3) is 1.51. The molecule has 64 valence electrons. The number of hydrogen-bond acceptors (Lipinski definition) is 3. The van der Waals surface area contributed by atoms with Crippen LogP contribution in [0.25, 0.3) is 0 Å². The number of nitrogens with one attached hydrogen (secondary N) is 2. The number of aromatic nitrogens is 2. The van der Waals surface area contributed by atoms with Crippen LogP contribution in [0.4, 0.5) is 10.6 Å². The van der Waals surface area contributed by atoms with E-state index in [2.05, 4.69) is 9.97 Å². The molecule has 0 aliphatic rings. The highest BCUT2D eigenvalue weighted by molar-refractivity contribution is 5.98. The Labute approximate surface area is 66.6 Å². The molecule has 5 N–H and O–H groups in total. The zero-order valence-electron chi connectivity index (χ0n) is 5.87. The maximum absolute atomic E-state index is 10.6. The number of amides is 2. The van der Waals surface area contributed by atoms with E-state index in [1.807, 2.05) is 5.32 Å². The Balaban J connectivity index is 2.91. The Hall–Kier alpha value is -2.05. The number of nitrogens with two attached hydrogens (primary N) is 1. The van der Waals surface area contributed by atoms with Gasteiger partial charge in [0.1, 0.15) is 5.82 Å². The van der Waals surface area contributed by atoms with E-state index in [0.717, 1.165) is 0 Å². The summed E-state index contributed by atoms with van der Waals surface area (Å²) in [4.78, 5) is 26.6. The van der Waals surface area contributed by atoms with Gasteiger partial charge in [-0.05, 0) is 0 Å². The molecule has 0 saturated carbocycles. The number of carboxylic acid groups (broad SMARTS) is 1.